The lowest BCUT2D eigenvalue weighted by atomic mass is 10.1. The van der Waals surface area contributed by atoms with Gasteiger partial charge in [-0.1, -0.05) is 35.3 Å². The highest BCUT2D eigenvalue weighted by atomic mass is 79.9. The molecule has 90 valence electrons. The van der Waals surface area contributed by atoms with E-state index < -0.39 is 19.1 Å². The molecule has 0 heterocycles. The fraction of sp³-hybridized carbons (Fsp3) is 0.333. The molecule has 0 bridgehead atoms. The van der Waals surface area contributed by atoms with E-state index in [0.717, 1.165) is 6.26 Å². The molecule has 16 heavy (non-hydrogen) atoms. The zero-order valence-electron chi connectivity index (χ0n) is 8.19. The molecule has 1 aromatic carbocycles. The maximum Gasteiger partial charge on any atom is 0.228 e. The second kappa shape index (κ2) is 4.82. The first-order chi connectivity index (χ1) is 7.16. The van der Waals surface area contributed by atoms with E-state index in [9.17, 15) is 13.5 Å². The van der Waals surface area contributed by atoms with Crippen molar-refractivity contribution in [3.63, 3.8) is 0 Å². The Bertz CT molecular complexity index is 470. The summed E-state index contributed by atoms with van der Waals surface area (Å²) in [5.41, 5.74) is 0.363. The topological polar surface area (TPSA) is 54.4 Å². The van der Waals surface area contributed by atoms with E-state index in [2.05, 4.69) is 15.9 Å². The molecule has 3 nitrogen and oxygen atoms in total. The Morgan fingerprint density at radius 3 is 2.19 bits per heavy atom. The first kappa shape index (κ1) is 14.3. The molecule has 0 aromatic heterocycles. The molecule has 2 unspecified atom stereocenters. The lowest BCUT2D eigenvalue weighted by Crippen LogP contribution is -2.32. The Morgan fingerprint density at radius 1 is 1.38 bits per heavy atom. The molecule has 7 heteroatoms. The highest BCUT2D eigenvalue weighted by molar-refractivity contribution is 9.12. The summed E-state index contributed by atoms with van der Waals surface area (Å²) >= 11 is 14.3. The Hall–Kier alpha value is 0.190. The van der Waals surface area contributed by atoms with Gasteiger partial charge in [0.15, 0.2) is 9.84 Å². The van der Waals surface area contributed by atoms with Gasteiger partial charge in [-0.25, -0.2) is 8.42 Å². The second-order valence-electron chi connectivity index (χ2n) is 3.29. The standard InChI is InChI=1S/C9H9BrCl2O3S/c1-16(14,15)9(10,12)8(13)6-2-4-7(11)5-3-6/h2-5,8,13H,1H3. The van der Waals surface area contributed by atoms with Crippen molar-refractivity contribution in [3.05, 3.63) is 34.9 Å². The molecule has 0 fully saturated rings. The quantitative estimate of drug-likeness (QED) is 0.855. The van der Waals surface area contributed by atoms with Gasteiger partial charge in [0.25, 0.3) is 0 Å². The summed E-state index contributed by atoms with van der Waals surface area (Å²) in [6, 6.07) is 6.11. The normalized spacial score (nSPS) is 17.8. The number of hydrogen-bond donors (Lipinski definition) is 1. The van der Waals surface area contributed by atoms with Crippen LogP contribution < -0.4 is 0 Å². The third-order valence-corrected chi connectivity index (χ3v) is 6.71. The van der Waals surface area contributed by atoms with Crippen LogP contribution >= 0.6 is 39.1 Å². The number of aliphatic hydroxyl groups is 1. The molecule has 1 N–H and O–H groups in total. The molecule has 0 spiro atoms. The van der Waals surface area contributed by atoms with Gasteiger partial charge in [-0.3, -0.25) is 0 Å². The average Bonchev–Trinajstić information content (AvgIpc) is 2.16. The molecule has 0 amide bonds. The van der Waals surface area contributed by atoms with Gasteiger partial charge in [0.1, 0.15) is 6.10 Å². The van der Waals surface area contributed by atoms with E-state index in [4.69, 9.17) is 23.2 Å². The fourth-order valence-corrected chi connectivity index (χ4v) is 2.10. The number of sulfone groups is 1. The molecule has 0 saturated heterocycles. The number of alkyl halides is 2. The summed E-state index contributed by atoms with van der Waals surface area (Å²) < 4.78 is 20.8. The predicted molar refractivity (Wildman–Crippen MR) is 68.8 cm³/mol. The van der Waals surface area contributed by atoms with E-state index in [-0.39, 0.29) is 0 Å². The Kier molecular flexibility index (Phi) is 4.29. The van der Waals surface area contributed by atoms with Crippen LogP contribution in [0.1, 0.15) is 11.7 Å². The molecule has 0 radical (unpaired) electrons. The number of halogens is 3. The van der Waals surface area contributed by atoms with Crippen LogP contribution in [-0.2, 0) is 9.84 Å². The predicted octanol–water partition coefficient (Wildman–Crippen LogP) is 2.71. The summed E-state index contributed by atoms with van der Waals surface area (Å²) in [4.78, 5) is 0. The second-order valence-corrected chi connectivity index (χ2v) is 8.97. The molecule has 0 aliphatic carbocycles. The largest absolute Gasteiger partial charge is 0.385 e. The van der Waals surface area contributed by atoms with Gasteiger partial charge in [-0.15, -0.1) is 0 Å². The van der Waals surface area contributed by atoms with Gasteiger partial charge in [-0.05, 0) is 33.6 Å². The fourth-order valence-electron chi connectivity index (χ4n) is 1.04. The van der Waals surface area contributed by atoms with Crippen LogP contribution in [0.25, 0.3) is 0 Å². The van der Waals surface area contributed by atoms with Gasteiger partial charge < -0.3 is 5.11 Å². The van der Waals surface area contributed by atoms with Crippen LogP contribution in [0.5, 0.6) is 0 Å². The number of benzene rings is 1. The lowest BCUT2D eigenvalue weighted by Gasteiger charge is -2.24. The smallest absolute Gasteiger partial charge is 0.228 e. The number of aliphatic hydroxyl groups excluding tert-OH is 1. The zero-order valence-corrected chi connectivity index (χ0v) is 12.1. The van der Waals surface area contributed by atoms with Gasteiger partial charge in [0.2, 0.25) is 3.12 Å². The summed E-state index contributed by atoms with van der Waals surface area (Å²) in [5.74, 6) is 0. The van der Waals surface area contributed by atoms with Crippen molar-refractivity contribution in [1.29, 1.82) is 0 Å². The van der Waals surface area contributed by atoms with Crippen molar-refractivity contribution in [2.75, 3.05) is 6.26 Å². The molecule has 1 rings (SSSR count). The van der Waals surface area contributed by atoms with Gasteiger partial charge >= 0.3 is 0 Å². The molecule has 0 aliphatic rings. The first-order valence-corrected chi connectivity index (χ1v) is 7.61. The average molecular weight is 348 g/mol. The van der Waals surface area contributed by atoms with Crippen molar-refractivity contribution < 1.29 is 13.5 Å². The summed E-state index contributed by atoms with van der Waals surface area (Å²) in [6.07, 6.45) is -0.449. The first-order valence-electron chi connectivity index (χ1n) is 4.17. The van der Waals surface area contributed by atoms with Gasteiger partial charge in [0, 0.05) is 11.3 Å². The lowest BCUT2D eigenvalue weighted by molar-refractivity contribution is 0.185. The van der Waals surface area contributed by atoms with Crippen LogP contribution in [0.3, 0.4) is 0 Å². The third kappa shape index (κ3) is 2.90. The molecule has 1 aromatic rings. The number of rotatable bonds is 3. The molecule has 2 atom stereocenters. The Labute approximate surface area is 112 Å². The highest BCUT2D eigenvalue weighted by Crippen LogP contribution is 2.42. The minimum absolute atomic E-state index is 0.363. The van der Waals surface area contributed by atoms with Crippen molar-refractivity contribution >= 4 is 49.0 Å². The van der Waals surface area contributed by atoms with Crippen LogP contribution in [0.15, 0.2) is 24.3 Å². The minimum Gasteiger partial charge on any atom is -0.385 e. The maximum atomic E-state index is 11.4. The highest BCUT2D eigenvalue weighted by Gasteiger charge is 2.44. The summed E-state index contributed by atoms with van der Waals surface area (Å²) in [7, 11) is -3.66. The van der Waals surface area contributed by atoms with Crippen LogP contribution in [0.4, 0.5) is 0 Å². The Balaban J connectivity index is 3.12. The van der Waals surface area contributed by atoms with Crippen molar-refractivity contribution in [2.45, 2.75) is 9.22 Å². The Morgan fingerprint density at radius 2 is 1.81 bits per heavy atom. The van der Waals surface area contributed by atoms with E-state index >= 15 is 0 Å². The summed E-state index contributed by atoms with van der Waals surface area (Å²) in [5, 5.41) is 10.4. The molecule has 0 aliphatic heterocycles. The molecular weight excluding hydrogens is 339 g/mol. The van der Waals surface area contributed by atoms with Gasteiger partial charge in [-0.2, -0.15) is 0 Å². The van der Waals surface area contributed by atoms with Crippen LogP contribution in [0.2, 0.25) is 5.02 Å². The molecular formula is C9H9BrCl2O3S. The van der Waals surface area contributed by atoms with Crippen molar-refractivity contribution in [3.8, 4) is 0 Å². The molecule has 0 saturated carbocycles. The minimum atomic E-state index is -3.66. The van der Waals surface area contributed by atoms with E-state index in [1.165, 1.54) is 12.1 Å². The van der Waals surface area contributed by atoms with Gasteiger partial charge in [0.05, 0.1) is 0 Å². The third-order valence-electron chi connectivity index (χ3n) is 2.00. The zero-order chi connectivity index (χ0) is 12.6. The summed E-state index contributed by atoms with van der Waals surface area (Å²) in [6.45, 7) is 0. The SMILES string of the molecule is CS(=O)(=O)C(Cl)(Br)C(O)c1ccc(Cl)cc1. The van der Waals surface area contributed by atoms with E-state index in [0.29, 0.717) is 10.6 Å². The monoisotopic (exact) mass is 346 g/mol. The van der Waals surface area contributed by atoms with E-state index in [1.807, 2.05) is 0 Å². The van der Waals surface area contributed by atoms with Crippen molar-refractivity contribution in [2.24, 2.45) is 0 Å². The van der Waals surface area contributed by atoms with E-state index in [1.54, 1.807) is 12.1 Å². The van der Waals surface area contributed by atoms with Crippen molar-refractivity contribution in [1.82, 2.24) is 0 Å². The maximum absolute atomic E-state index is 11.4. The van der Waals surface area contributed by atoms with Crippen LogP contribution in [-0.4, -0.2) is 22.9 Å². The van der Waals surface area contributed by atoms with Crippen LogP contribution in [0, 0.1) is 0 Å². The number of hydrogen-bond acceptors (Lipinski definition) is 3.